The van der Waals surface area contributed by atoms with Crippen LogP contribution in [0.5, 0.6) is 11.8 Å². The number of amides is 1. The normalized spacial score (nSPS) is 21.0. The number of likely N-dealkylation sites (tertiary alicyclic amines) is 1. The van der Waals surface area contributed by atoms with E-state index in [1.54, 1.807) is 4.90 Å². The second kappa shape index (κ2) is 12.5. The van der Waals surface area contributed by atoms with Crippen LogP contribution in [0.25, 0.3) is 4.85 Å². The Morgan fingerprint density at radius 3 is 2.70 bits per heavy atom. The number of anilines is 2. The van der Waals surface area contributed by atoms with E-state index in [0.29, 0.717) is 44.2 Å². The number of hydrogen-bond acceptors (Lipinski definition) is 8. The fourth-order valence-electron chi connectivity index (χ4n) is 6.11. The summed E-state index contributed by atoms with van der Waals surface area (Å²) in [7, 11) is 2.03. The van der Waals surface area contributed by atoms with E-state index in [4.69, 9.17) is 27.9 Å². The van der Waals surface area contributed by atoms with Crippen LogP contribution in [0.2, 0.25) is 5.02 Å². The number of benzene rings is 1. The van der Waals surface area contributed by atoms with E-state index in [0.717, 1.165) is 37.1 Å². The molecule has 14 heteroatoms. The third-order valence-electron chi connectivity index (χ3n) is 8.32. The zero-order valence-corrected chi connectivity index (χ0v) is 24.5. The Hall–Kier alpha value is -3.76. The average molecular weight is 620 g/mol. The third kappa shape index (κ3) is 6.45. The molecule has 4 heterocycles. The Balaban J connectivity index is 1.50. The number of carbonyl (C=O) groups is 1. The van der Waals surface area contributed by atoms with Gasteiger partial charge in [-0.1, -0.05) is 18.2 Å². The summed E-state index contributed by atoms with van der Waals surface area (Å²) in [6, 6.07) is 1.88. The molecular formula is C29H33ClF3N7O3. The van der Waals surface area contributed by atoms with Gasteiger partial charge in [-0.3, -0.25) is 4.79 Å². The third-order valence-corrected chi connectivity index (χ3v) is 8.62. The molecule has 230 valence electrons. The van der Waals surface area contributed by atoms with Gasteiger partial charge >= 0.3 is 12.2 Å². The molecule has 2 atom stereocenters. The Kier molecular flexibility index (Phi) is 8.89. The molecule has 0 bridgehead atoms. The molecule has 1 N–H and O–H groups in total. The zero-order valence-electron chi connectivity index (χ0n) is 23.8. The zero-order chi connectivity index (χ0) is 30.9. The fourth-order valence-corrected chi connectivity index (χ4v) is 6.42. The van der Waals surface area contributed by atoms with Crippen LogP contribution >= 0.6 is 11.6 Å². The van der Waals surface area contributed by atoms with Crippen LogP contribution in [0.4, 0.5) is 24.7 Å². The van der Waals surface area contributed by atoms with Gasteiger partial charge in [0.25, 0.3) is 0 Å². The summed E-state index contributed by atoms with van der Waals surface area (Å²) in [6.45, 7) is 13.8. The maximum atomic E-state index is 14.1. The first kappa shape index (κ1) is 30.7. The van der Waals surface area contributed by atoms with Crippen molar-refractivity contribution in [3.05, 3.63) is 58.0 Å². The molecule has 43 heavy (non-hydrogen) atoms. The second-order valence-corrected chi connectivity index (χ2v) is 11.4. The molecule has 2 aromatic rings. The van der Waals surface area contributed by atoms with Crippen molar-refractivity contribution in [3.63, 3.8) is 0 Å². The van der Waals surface area contributed by atoms with Crippen LogP contribution in [0.3, 0.4) is 0 Å². The molecule has 3 aliphatic rings. The molecule has 0 saturated carbocycles. The lowest BCUT2D eigenvalue weighted by molar-refractivity contribution is -0.137. The predicted octanol–water partition coefficient (Wildman–Crippen LogP) is 4.01. The van der Waals surface area contributed by atoms with Gasteiger partial charge in [-0.25, -0.2) is 6.57 Å². The summed E-state index contributed by atoms with van der Waals surface area (Å²) in [5.41, 5.74) is 0.0267. The first-order valence-corrected chi connectivity index (χ1v) is 14.5. The Labute approximate surface area is 253 Å². The highest BCUT2D eigenvalue weighted by Gasteiger charge is 2.40. The summed E-state index contributed by atoms with van der Waals surface area (Å²) in [6.07, 6.45) is -1.15. The lowest BCUT2D eigenvalue weighted by Gasteiger charge is -2.41. The predicted molar refractivity (Wildman–Crippen MR) is 155 cm³/mol. The minimum atomic E-state index is -4.74. The number of hydrogen-bond donors (Lipinski definition) is 1. The molecule has 1 aromatic heterocycles. The number of phenolic OH excluding ortho intramolecular Hbond substituents is 1. The van der Waals surface area contributed by atoms with Crippen LogP contribution in [0.15, 0.2) is 24.8 Å². The van der Waals surface area contributed by atoms with E-state index in [1.807, 2.05) is 11.9 Å². The highest BCUT2D eigenvalue weighted by molar-refractivity contribution is 6.32. The number of aromatic hydroxyl groups is 1. The summed E-state index contributed by atoms with van der Waals surface area (Å²) in [5.74, 6) is -0.0293. The van der Waals surface area contributed by atoms with E-state index in [2.05, 4.69) is 21.3 Å². The Morgan fingerprint density at radius 2 is 2.02 bits per heavy atom. The van der Waals surface area contributed by atoms with Crippen LogP contribution in [0, 0.1) is 6.57 Å². The number of ether oxygens (including phenoxy) is 1. The average Bonchev–Trinajstić information content (AvgIpc) is 3.38. The van der Waals surface area contributed by atoms with Gasteiger partial charge in [0.15, 0.2) is 0 Å². The molecule has 1 amide bonds. The summed E-state index contributed by atoms with van der Waals surface area (Å²) in [4.78, 5) is 32.8. The van der Waals surface area contributed by atoms with Crippen molar-refractivity contribution in [1.29, 1.82) is 0 Å². The van der Waals surface area contributed by atoms with Crippen molar-refractivity contribution in [3.8, 4) is 11.8 Å². The first-order valence-electron chi connectivity index (χ1n) is 14.1. The molecule has 10 nitrogen and oxygen atoms in total. The minimum Gasteiger partial charge on any atom is -0.508 e. The molecule has 0 radical (unpaired) electrons. The Morgan fingerprint density at radius 1 is 1.23 bits per heavy atom. The number of carbonyl (C=O) groups excluding carboxylic acids is 1. The summed E-state index contributed by atoms with van der Waals surface area (Å²) >= 11 is 5.97. The summed E-state index contributed by atoms with van der Waals surface area (Å²) < 4.78 is 48.2. The van der Waals surface area contributed by atoms with E-state index in [1.165, 1.54) is 11.0 Å². The monoisotopic (exact) mass is 619 g/mol. The highest BCUT2D eigenvalue weighted by atomic mass is 35.5. The van der Waals surface area contributed by atoms with Gasteiger partial charge in [-0.15, -0.1) is 0 Å². The quantitative estimate of drug-likeness (QED) is 0.367. The molecule has 2 saturated heterocycles. The summed E-state index contributed by atoms with van der Waals surface area (Å²) in [5, 5.41) is 9.54. The van der Waals surface area contributed by atoms with Gasteiger partial charge in [-0.05, 0) is 45.0 Å². The lowest BCUT2D eigenvalue weighted by atomic mass is 10.0. The van der Waals surface area contributed by atoms with Crippen molar-refractivity contribution >= 4 is 29.0 Å². The largest absolute Gasteiger partial charge is 0.508 e. The number of halogens is 4. The highest BCUT2D eigenvalue weighted by Crippen LogP contribution is 2.45. The second-order valence-electron chi connectivity index (χ2n) is 11.0. The SMILES string of the molecule is [C-]#[N+]C[C@H]1CN(c2nc(OC[C@H]3CCCN3C)nc3c2CCN(c2cc(O)cc(Cl)c2C(F)(F)F)C3)CCN1C(=O)C=C. The van der Waals surface area contributed by atoms with Crippen LogP contribution in [-0.2, 0) is 23.9 Å². The molecule has 0 spiro atoms. The maximum Gasteiger partial charge on any atom is 0.419 e. The maximum absolute atomic E-state index is 14.1. The fraction of sp³-hybridized carbons (Fsp3) is 0.517. The van der Waals surface area contributed by atoms with Crippen molar-refractivity contribution in [2.24, 2.45) is 0 Å². The van der Waals surface area contributed by atoms with Gasteiger partial charge in [0.05, 0.1) is 28.5 Å². The number of aromatic nitrogens is 2. The van der Waals surface area contributed by atoms with Crippen LogP contribution in [-0.4, -0.2) is 95.8 Å². The molecule has 2 fully saturated rings. The number of phenols is 1. The molecule has 3 aliphatic heterocycles. The smallest absolute Gasteiger partial charge is 0.419 e. The number of likely N-dealkylation sites (N-methyl/N-ethyl adjacent to an activating group) is 1. The van der Waals surface area contributed by atoms with Gasteiger partial charge in [0.1, 0.15) is 24.2 Å². The number of piperazine rings is 1. The molecule has 5 rings (SSSR count). The molecular weight excluding hydrogens is 587 g/mol. The van der Waals surface area contributed by atoms with Gasteiger partial charge in [0, 0.05) is 43.9 Å². The van der Waals surface area contributed by atoms with E-state index in [9.17, 15) is 23.1 Å². The van der Waals surface area contributed by atoms with Gasteiger partial charge in [-0.2, -0.15) is 23.1 Å². The van der Waals surface area contributed by atoms with Crippen molar-refractivity contribution in [2.45, 2.75) is 44.1 Å². The number of nitrogens with zero attached hydrogens (tertiary/aromatic N) is 7. The van der Waals surface area contributed by atoms with Crippen molar-refractivity contribution in [1.82, 2.24) is 19.8 Å². The van der Waals surface area contributed by atoms with E-state index in [-0.39, 0.29) is 55.1 Å². The Bertz CT molecular complexity index is 1430. The minimum absolute atomic E-state index is 0.00774. The first-order chi connectivity index (χ1) is 20.5. The number of fused-ring (bicyclic) bond motifs is 1. The van der Waals surface area contributed by atoms with Crippen molar-refractivity contribution in [2.75, 3.05) is 62.7 Å². The van der Waals surface area contributed by atoms with Gasteiger partial charge < -0.3 is 34.3 Å². The molecule has 0 unspecified atom stereocenters. The van der Waals surface area contributed by atoms with Crippen molar-refractivity contribution < 1.29 is 27.8 Å². The van der Waals surface area contributed by atoms with E-state index >= 15 is 0 Å². The standard InChI is InChI=1S/C29H33ClF3N7O3/c1-4-25(42)40-11-10-39(15-19(40)14-34-2)27-21-7-9-38(24-13-20(41)12-22(30)26(24)29(31,32)33)16-23(21)35-28(36-27)43-17-18-6-5-8-37(18)3/h4,12-13,18-19,41H,1,5-11,14-17H2,3H3/t18-,19+/m1/s1. The molecule has 0 aliphatic carbocycles. The van der Waals surface area contributed by atoms with E-state index < -0.39 is 16.8 Å². The number of alkyl halides is 3. The number of rotatable bonds is 7. The topological polar surface area (TPSA) is 89.6 Å². The molecule has 1 aromatic carbocycles. The van der Waals surface area contributed by atoms with Crippen LogP contribution < -0.4 is 14.5 Å². The van der Waals surface area contributed by atoms with Gasteiger partial charge in [0.2, 0.25) is 12.5 Å². The lowest BCUT2D eigenvalue weighted by Crippen LogP contribution is -2.56. The van der Waals surface area contributed by atoms with Crippen LogP contribution in [0.1, 0.15) is 29.7 Å².